The zero-order valence-corrected chi connectivity index (χ0v) is 13.3. The van der Waals surface area contributed by atoms with Crippen LogP contribution in [0.25, 0.3) is 0 Å². The fourth-order valence-electron chi connectivity index (χ4n) is 1.96. The maximum absolute atomic E-state index is 12.1. The summed E-state index contributed by atoms with van der Waals surface area (Å²) in [5, 5.41) is 8.70. The van der Waals surface area contributed by atoms with Gasteiger partial charge in [-0.2, -0.15) is 14.0 Å². The van der Waals surface area contributed by atoms with Gasteiger partial charge in [0.25, 0.3) is 0 Å². The lowest BCUT2D eigenvalue weighted by Gasteiger charge is -2.08. The van der Waals surface area contributed by atoms with Crippen LogP contribution in [0.5, 0.6) is 5.75 Å². The van der Waals surface area contributed by atoms with Crippen LogP contribution in [0, 0.1) is 11.3 Å². The van der Waals surface area contributed by atoms with E-state index in [0.717, 1.165) is 5.56 Å². The molecule has 0 heterocycles. The average molecular weight is 352 g/mol. The smallest absolute Gasteiger partial charge is 0.387 e. The second-order valence-corrected chi connectivity index (χ2v) is 6.57. The molecule has 0 bridgehead atoms. The van der Waals surface area contributed by atoms with Crippen LogP contribution in [0.2, 0.25) is 0 Å². The van der Waals surface area contributed by atoms with Gasteiger partial charge in [0.2, 0.25) is 10.0 Å². The van der Waals surface area contributed by atoms with Crippen LogP contribution in [-0.2, 0) is 16.4 Å². The fourth-order valence-corrected chi connectivity index (χ4v) is 2.99. The third kappa shape index (κ3) is 5.01. The van der Waals surface area contributed by atoms with Crippen molar-refractivity contribution in [3.05, 3.63) is 59.7 Å². The number of sulfonamides is 1. The maximum Gasteiger partial charge on any atom is 0.387 e. The first-order chi connectivity index (χ1) is 11.4. The van der Waals surface area contributed by atoms with Crippen LogP contribution in [0.4, 0.5) is 8.78 Å². The summed E-state index contributed by atoms with van der Waals surface area (Å²) in [5.74, 6) is 0.0481. The Morgan fingerprint density at radius 1 is 1.08 bits per heavy atom. The number of rotatable bonds is 7. The Hall–Kier alpha value is -2.50. The summed E-state index contributed by atoms with van der Waals surface area (Å²) in [6, 6.07) is 13.5. The molecule has 0 aliphatic rings. The van der Waals surface area contributed by atoms with E-state index in [0.29, 0.717) is 12.0 Å². The van der Waals surface area contributed by atoms with Gasteiger partial charge >= 0.3 is 6.61 Å². The van der Waals surface area contributed by atoms with Crippen LogP contribution in [0.1, 0.15) is 11.1 Å². The molecule has 0 atom stereocenters. The molecule has 0 aromatic heterocycles. The van der Waals surface area contributed by atoms with Crippen molar-refractivity contribution >= 4 is 10.0 Å². The topological polar surface area (TPSA) is 79.2 Å². The third-order valence-corrected chi connectivity index (χ3v) is 4.62. The van der Waals surface area contributed by atoms with Crippen molar-refractivity contribution in [3.8, 4) is 11.8 Å². The molecule has 0 saturated heterocycles. The highest BCUT2D eigenvalue weighted by atomic mass is 32.2. The van der Waals surface area contributed by atoms with Crippen LogP contribution >= 0.6 is 0 Å². The number of benzene rings is 2. The highest BCUT2D eigenvalue weighted by Gasteiger charge is 2.13. The Bertz CT molecular complexity index is 814. The van der Waals surface area contributed by atoms with Crippen molar-refractivity contribution in [3.63, 3.8) is 0 Å². The van der Waals surface area contributed by atoms with E-state index in [1.54, 1.807) is 12.1 Å². The van der Waals surface area contributed by atoms with Gasteiger partial charge in [-0.1, -0.05) is 12.1 Å². The average Bonchev–Trinajstić information content (AvgIpc) is 2.56. The summed E-state index contributed by atoms with van der Waals surface area (Å²) in [7, 11) is -3.66. The van der Waals surface area contributed by atoms with E-state index in [-0.39, 0.29) is 17.2 Å². The number of nitriles is 1. The first kappa shape index (κ1) is 17.8. The molecular weight excluding hydrogens is 338 g/mol. The molecule has 0 fully saturated rings. The van der Waals surface area contributed by atoms with E-state index >= 15 is 0 Å². The largest absolute Gasteiger partial charge is 0.435 e. The number of ether oxygens (including phenoxy) is 1. The molecule has 0 aliphatic carbocycles. The summed E-state index contributed by atoms with van der Waals surface area (Å²) in [5.41, 5.74) is 1.15. The summed E-state index contributed by atoms with van der Waals surface area (Å²) in [4.78, 5) is 0.0715. The minimum atomic E-state index is -3.66. The van der Waals surface area contributed by atoms with Crippen molar-refractivity contribution in [1.29, 1.82) is 5.26 Å². The molecule has 24 heavy (non-hydrogen) atoms. The van der Waals surface area contributed by atoms with E-state index in [1.165, 1.54) is 36.4 Å². The van der Waals surface area contributed by atoms with Crippen molar-refractivity contribution in [2.45, 2.75) is 17.9 Å². The predicted octanol–water partition coefficient (Wildman–Crippen LogP) is 2.68. The molecule has 0 saturated carbocycles. The standard InChI is InChI=1S/C16H14F2N2O3S/c17-16(18)23-14-5-1-12(2-6-14)9-10-20-24(21,22)15-7-3-13(11-19)4-8-15/h1-8,16,20H,9-10H2. The van der Waals surface area contributed by atoms with Crippen molar-refractivity contribution in [2.75, 3.05) is 6.54 Å². The van der Waals surface area contributed by atoms with Gasteiger partial charge in [-0.15, -0.1) is 0 Å². The minimum absolute atomic E-state index is 0.0481. The summed E-state index contributed by atoms with van der Waals surface area (Å²) in [6.45, 7) is -2.73. The Kier molecular flexibility index (Phi) is 5.84. The van der Waals surface area contributed by atoms with Crippen LogP contribution in [0.3, 0.4) is 0 Å². The van der Waals surface area contributed by atoms with Crippen LogP contribution < -0.4 is 9.46 Å². The number of alkyl halides is 2. The molecule has 0 unspecified atom stereocenters. The SMILES string of the molecule is N#Cc1ccc(S(=O)(=O)NCCc2ccc(OC(F)F)cc2)cc1. The van der Waals surface area contributed by atoms with Crippen molar-refractivity contribution in [2.24, 2.45) is 0 Å². The van der Waals surface area contributed by atoms with E-state index in [2.05, 4.69) is 9.46 Å². The summed E-state index contributed by atoms with van der Waals surface area (Å²) in [6.07, 6.45) is 0.393. The van der Waals surface area contributed by atoms with Gasteiger partial charge in [0.05, 0.1) is 16.5 Å². The second-order valence-electron chi connectivity index (χ2n) is 4.81. The molecule has 2 rings (SSSR count). The van der Waals surface area contributed by atoms with E-state index in [4.69, 9.17) is 5.26 Å². The zero-order valence-electron chi connectivity index (χ0n) is 12.4. The molecule has 0 spiro atoms. The van der Waals surface area contributed by atoms with E-state index in [9.17, 15) is 17.2 Å². The first-order valence-corrected chi connectivity index (χ1v) is 8.42. The minimum Gasteiger partial charge on any atom is -0.435 e. The van der Waals surface area contributed by atoms with Gasteiger partial charge in [0, 0.05) is 6.54 Å². The highest BCUT2D eigenvalue weighted by molar-refractivity contribution is 7.89. The van der Waals surface area contributed by atoms with Gasteiger partial charge < -0.3 is 4.74 Å². The lowest BCUT2D eigenvalue weighted by molar-refractivity contribution is -0.0498. The van der Waals surface area contributed by atoms with Gasteiger partial charge in [0.1, 0.15) is 5.75 Å². The monoisotopic (exact) mass is 352 g/mol. The third-order valence-electron chi connectivity index (χ3n) is 3.15. The van der Waals surface area contributed by atoms with Crippen molar-refractivity contribution < 1.29 is 21.9 Å². The molecule has 0 aliphatic heterocycles. The number of nitrogens with zero attached hydrogens (tertiary/aromatic N) is 1. The van der Waals surface area contributed by atoms with Gasteiger partial charge in [-0.05, 0) is 48.4 Å². The number of halogens is 2. The maximum atomic E-state index is 12.1. The lowest BCUT2D eigenvalue weighted by atomic mass is 10.1. The van der Waals surface area contributed by atoms with Gasteiger partial charge in [-0.3, -0.25) is 0 Å². The zero-order chi connectivity index (χ0) is 17.6. The lowest BCUT2D eigenvalue weighted by Crippen LogP contribution is -2.26. The first-order valence-electron chi connectivity index (χ1n) is 6.94. The summed E-state index contributed by atoms with van der Waals surface area (Å²) < 4.78 is 55.0. The molecule has 0 amide bonds. The fraction of sp³-hybridized carbons (Fsp3) is 0.188. The highest BCUT2D eigenvalue weighted by Crippen LogP contribution is 2.15. The Balaban J connectivity index is 1.91. The van der Waals surface area contributed by atoms with Crippen LogP contribution in [0.15, 0.2) is 53.4 Å². The molecule has 8 heteroatoms. The normalized spacial score (nSPS) is 11.2. The number of nitrogens with one attached hydrogen (secondary N) is 1. The Morgan fingerprint density at radius 3 is 2.25 bits per heavy atom. The van der Waals surface area contributed by atoms with Gasteiger partial charge in [0.15, 0.2) is 0 Å². The Labute approximate surface area is 138 Å². The quantitative estimate of drug-likeness (QED) is 0.831. The van der Waals surface area contributed by atoms with Crippen LogP contribution in [-0.4, -0.2) is 21.6 Å². The molecule has 5 nitrogen and oxygen atoms in total. The number of hydrogen-bond donors (Lipinski definition) is 1. The molecular formula is C16H14F2N2O3S. The number of hydrogen-bond acceptors (Lipinski definition) is 4. The summed E-state index contributed by atoms with van der Waals surface area (Å²) >= 11 is 0. The molecule has 2 aromatic rings. The van der Waals surface area contributed by atoms with Gasteiger partial charge in [-0.25, -0.2) is 13.1 Å². The van der Waals surface area contributed by atoms with E-state index < -0.39 is 16.6 Å². The molecule has 1 N–H and O–H groups in total. The van der Waals surface area contributed by atoms with Crippen molar-refractivity contribution in [1.82, 2.24) is 4.72 Å². The Morgan fingerprint density at radius 2 is 1.71 bits per heavy atom. The second kappa shape index (κ2) is 7.86. The molecule has 0 radical (unpaired) electrons. The van der Waals surface area contributed by atoms with E-state index in [1.807, 2.05) is 6.07 Å². The molecule has 126 valence electrons. The molecule has 2 aromatic carbocycles. The predicted molar refractivity (Wildman–Crippen MR) is 83.1 cm³/mol.